The molecule has 0 unspecified atom stereocenters. The molecule has 0 aliphatic carbocycles. The molecule has 26 heavy (non-hydrogen) atoms. The van der Waals surface area contributed by atoms with Gasteiger partial charge in [0, 0.05) is 31.9 Å². The number of carbonyl (C=O) groups is 1. The van der Waals surface area contributed by atoms with Gasteiger partial charge in [0.2, 0.25) is 0 Å². The fraction of sp³-hybridized carbons (Fsp3) is 0.381. The van der Waals surface area contributed by atoms with Crippen LogP contribution in [0.3, 0.4) is 0 Å². The molecule has 138 valence electrons. The Balaban J connectivity index is 1.37. The second kappa shape index (κ2) is 9.25. The van der Waals surface area contributed by atoms with Crippen molar-refractivity contribution in [1.29, 1.82) is 0 Å². The van der Waals surface area contributed by atoms with Crippen molar-refractivity contribution in [2.24, 2.45) is 0 Å². The van der Waals surface area contributed by atoms with E-state index in [9.17, 15) is 4.79 Å². The number of nitrogens with zero attached hydrogens (tertiary/aromatic N) is 2. The van der Waals surface area contributed by atoms with Gasteiger partial charge in [0.15, 0.2) is 0 Å². The standard InChI is InChI=1S/C21H27N3O2/c1-26-20-11-9-19(10-12-20)22-21(25)24-16-14-23(15-17-24)13-5-8-18-6-3-2-4-7-18/h2-4,6-7,9-12H,5,8,13-17H2,1H3,(H,22,25). The van der Waals surface area contributed by atoms with Crippen molar-refractivity contribution >= 4 is 11.7 Å². The van der Waals surface area contributed by atoms with Crippen LogP contribution in [-0.4, -0.2) is 55.7 Å². The number of benzene rings is 2. The molecule has 1 N–H and O–H groups in total. The topological polar surface area (TPSA) is 44.8 Å². The number of hydrogen-bond donors (Lipinski definition) is 1. The number of urea groups is 1. The van der Waals surface area contributed by atoms with Crippen LogP contribution >= 0.6 is 0 Å². The number of rotatable bonds is 6. The maximum atomic E-state index is 12.4. The number of piperazine rings is 1. The average molecular weight is 353 g/mol. The largest absolute Gasteiger partial charge is 0.497 e. The molecule has 5 nitrogen and oxygen atoms in total. The van der Waals surface area contributed by atoms with E-state index in [1.165, 1.54) is 5.56 Å². The van der Waals surface area contributed by atoms with Gasteiger partial charge in [-0.1, -0.05) is 30.3 Å². The van der Waals surface area contributed by atoms with Crippen molar-refractivity contribution < 1.29 is 9.53 Å². The number of carbonyl (C=O) groups excluding carboxylic acids is 1. The normalized spacial score (nSPS) is 14.9. The molecule has 0 radical (unpaired) electrons. The van der Waals surface area contributed by atoms with Gasteiger partial charge < -0.3 is 15.0 Å². The SMILES string of the molecule is COc1ccc(NC(=O)N2CCN(CCCc3ccccc3)CC2)cc1. The average Bonchev–Trinajstić information content (AvgIpc) is 2.70. The first-order valence-corrected chi connectivity index (χ1v) is 9.21. The van der Waals surface area contributed by atoms with Crippen LogP contribution < -0.4 is 10.1 Å². The van der Waals surface area contributed by atoms with Crippen LogP contribution in [0.25, 0.3) is 0 Å². The van der Waals surface area contributed by atoms with E-state index in [1.807, 2.05) is 29.2 Å². The summed E-state index contributed by atoms with van der Waals surface area (Å²) in [6.07, 6.45) is 2.26. The van der Waals surface area contributed by atoms with Crippen molar-refractivity contribution in [3.05, 3.63) is 60.2 Å². The Morgan fingerprint density at radius 1 is 1.00 bits per heavy atom. The van der Waals surface area contributed by atoms with Gasteiger partial charge in [-0.2, -0.15) is 0 Å². The van der Waals surface area contributed by atoms with E-state index >= 15 is 0 Å². The van der Waals surface area contributed by atoms with Gasteiger partial charge in [0.25, 0.3) is 0 Å². The minimum absolute atomic E-state index is 0.0286. The highest BCUT2D eigenvalue weighted by molar-refractivity contribution is 5.89. The van der Waals surface area contributed by atoms with Crippen LogP contribution in [0.2, 0.25) is 0 Å². The zero-order valence-electron chi connectivity index (χ0n) is 15.4. The van der Waals surface area contributed by atoms with E-state index in [4.69, 9.17) is 4.74 Å². The van der Waals surface area contributed by atoms with E-state index in [1.54, 1.807) is 7.11 Å². The molecule has 0 spiro atoms. The number of methoxy groups -OCH3 is 1. The zero-order valence-corrected chi connectivity index (χ0v) is 15.4. The van der Waals surface area contributed by atoms with E-state index in [0.717, 1.165) is 57.0 Å². The van der Waals surface area contributed by atoms with Crippen LogP contribution in [0.4, 0.5) is 10.5 Å². The van der Waals surface area contributed by atoms with Crippen LogP contribution in [0, 0.1) is 0 Å². The smallest absolute Gasteiger partial charge is 0.321 e. The predicted octanol–water partition coefficient (Wildman–Crippen LogP) is 3.48. The second-order valence-electron chi connectivity index (χ2n) is 6.58. The van der Waals surface area contributed by atoms with Crippen LogP contribution in [0.1, 0.15) is 12.0 Å². The van der Waals surface area contributed by atoms with Crippen molar-refractivity contribution in [3.8, 4) is 5.75 Å². The van der Waals surface area contributed by atoms with Crippen LogP contribution in [0.15, 0.2) is 54.6 Å². The molecule has 3 rings (SSSR count). The number of ether oxygens (including phenoxy) is 1. The third kappa shape index (κ3) is 5.23. The summed E-state index contributed by atoms with van der Waals surface area (Å²) in [5.41, 5.74) is 2.19. The Bertz CT molecular complexity index is 680. The summed E-state index contributed by atoms with van der Waals surface area (Å²) >= 11 is 0. The summed E-state index contributed by atoms with van der Waals surface area (Å²) < 4.78 is 5.13. The number of aryl methyl sites for hydroxylation is 1. The molecule has 5 heteroatoms. The van der Waals surface area contributed by atoms with Crippen LogP contribution in [0.5, 0.6) is 5.75 Å². The van der Waals surface area contributed by atoms with Crippen molar-refractivity contribution in [1.82, 2.24) is 9.80 Å². The monoisotopic (exact) mass is 353 g/mol. The number of nitrogens with one attached hydrogen (secondary N) is 1. The van der Waals surface area contributed by atoms with E-state index in [2.05, 4.69) is 40.5 Å². The Hall–Kier alpha value is -2.53. The number of hydrogen-bond acceptors (Lipinski definition) is 3. The quantitative estimate of drug-likeness (QED) is 0.865. The van der Waals surface area contributed by atoms with Crippen LogP contribution in [-0.2, 0) is 6.42 Å². The lowest BCUT2D eigenvalue weighted by atomic mass is 10.1. The molecule has 2 amide bonds. The molecular formula is C21H27N3O2. The Morgan fingerprint density at radius 3 is 2.35 bits per heavy atom. The molecule has 2 aromatic carbocycles. The maximum Gasteiger partial charge on any atom is 0.321 e. The van der Waals surface area contributed by atoms with Gasteiger partial charge in [0.05, 0.1) is 7.11 Å². The first-order valence-electron chi connectivity index (χ1n) is 9.21. The fourth-order valence-corrected chi connectivity index (χ4v) is 3.20. The van der Waals surface area contributed by atoms with Crippen molar-refractivity contribution in [3.63, 3.8) is 0 Å². The van der Waals surface area contributed by atoms with Gasteiger partial charge in [-0.15, -0.1) is 0 Å². The lowest BCUT2D eigenvalue weighted by molar-refractivity contribution is 0.146. The Morgan fingerprint density at radius 2 is 1.69 bits per heavy atom. The summed E-state index contributed by atoms with van der Waals surface area (Å²) in [4.78, 5) is 16.7. The first-order chi connectivity index (χ1) is 12.7. The highest BCUT2D eigenvalue weighted by Gasteiger charge is 2.20. The summed E-state index contributed by atoms with van der Waals surface area (Å²) in [5, 5.41) is 2.96. The summed E-state index contributed by atoms with van der Waals surface area (Å²) in [7, 11) is 1.63. The Kier molecular flexibility index (Phi) is 6.50. The van der Waals surface area contributed by atoms with Gasteiger partial charge in [0.1, 0.15) is 5.75 Å². The fourth-order valence-electron chi connectivity index (χ4n) is 3.20. The third-order valence-corrected chi connectivity index (χ3v) is 4.78. The predicted molar refractivity (Wildman–Crippen MR) is 105 cm³/mol. The van der Waals surface area contributed by atoms with E-state index in [-0.39, 0.29) is 6.03 Å². The summed E-state index contributed by atoms with van der Waals surface area (Å²) in [6, 6.07) is 18.0. The van der Waals surface area contributed by atoms with Gasteiger partial charge >= 0.3 is 6.03 Å². The molecule has 0 aromatic heterocycles. The minimum Gasteiger partial charge on any atom is -0.497 e. The molecule has 0 saturated carbocycles. The second-order valence-corrected chi connectivity index (χ2v) is 6.58. The zero-order chi connectivity index (χ0) is 18.2. The molecule has 1 saturated heterocycles. The summed E-state index contributed by atoms with van der Waals surface area (Å²) in [6.45, 7) is 4.50. The lowest BCUT2D eigenvalue weighted by Gasteiger charge is -2.34. The Labute approximate surface area is 155 Å². The molecule has 1 fully saturated rings. The first kappa shape index (κ1) is 18.3. The molecule has 0 bridgehead atoms. The summed E-state index contributed by atoms with van der Waals surface area (Å²) in [5.74, 6) is 0.784. The van der Waals surface area contributed by atoms with Gasteiger partial charge in [-0.05, 0) is 49.2 Å². The van der Waals surface area contributed by atoms with Gasteiger partial charge in [-0.3, -0.25) is 4.90 Å². The molecule has 0 atom stereocenters. The van der Waals surface area contributed by atoms with E-state index in [0.29, 0.717) is 0 Å². The van der Waals surface area contributed by atoms with Crippen molar-refractivity contribution in [2.75, 3.05) is 45.2 Å². The molecule has 2 aromatic rings. The highest BCUT2D eigenvalue weighted by atomic mass is 16.5. The lowest BCUT2D eigenvalue weighted by Crippen LogP contribution is -2.50. The molecule has 1 aliphatic heterocycles. The maximum absolute atomic E-state index is 12.4. The molecule has 1 aliphatic rings. The number of amides is 2. The third-order valence-electron chi connectivity index (χ3n) is 4.78. The van der Waals surface area contributed by atoms with Crippen molar-refractivity contribution in [2.45, 2.75) is 12.8 Å². The van der Waals surface area contributed by atoms with Gasteiger partial charge in [-0.25, -0.2) is 4.79 Å². The van der Waals surface area contributed by atoms with E-state index < -0.39 is 0 Å². The molecular weight excluding hydrogens is 326 g/mol. The highest BCUT2D eigenvalue weighted by Crippen LogP contribution is 2.16. The minimum atomic E-state index is -0.0286. The number of anilines is 1. The molecule has 1 heterocycles.